The quantitative estimate of drug-likeness (QED) is 0.636. The Balaban J connectivity index is 0.000000194. The molecule has 0 saturated carbocycles. The number of benzene rings is 1. The molecular formula is C18H15N3O6. The van der Waals surface area contributed by atoms with E-state index in [4.69, 9.17) is 15.3 Å². The van der Waals surface area contributed by atoms with Crippen LogP contribution in [-0.2, 0) is 0 Å². The van der Waals surface area contributed by atoms with Gasteiger partial charge in [-0.3, -0.25) is 0 Å². The van der Waals surface area contributed by atoms with E-state index in [-0.39, 0.29) is 16.7 Å². The van der Waals surface area contributed by atoms with E-state index >= 15 is 0 Å². The van der Waals surface area contributed by atoms with Crippen LogP contribution >= 0.6 is 0 Å². The minimum Gasteiger partial charge on any atom is -0.478 e. The van der Waals surface area contributed by atoms with Crippen molar-refractivity contribution in [2.45, 2.75) is 6.92 Å². The van der Waals surface area contributed by atoms with Gasteiger partial charge in [-0.1, -0.05) is 6.07 Å². The van der Waals surface area contributed by atoms with E-state index < -0.39 is 17.9 Å². The molecule has 0 unspecified atom stereocenters. The summed E-state index contributed by atoms with van der Waals surface area (Å²) in [6.07, 6.45) is 4.33. The van der Waals surface area contributed by atoms with Crippen LogP contribution in [0.2, 0.25) is 0 Å². The number of aromatic nitrogens is 3. The van der Waals surface area contributed by atoms with Crippen molar-refractivity contribution in [1.82, 2.24) is 14.8 Å². The third-order valence-corrected chi connectivity index (χ3v) is 3.28. The molecule has 3 aromatic rings. The zero-order chi connectivity index (χ0) is 20.0. The zero-order valence-corrected chi connectivity index (χ0v) is 14.1. The molecule has 3 N–H and O–H groups in total. The highest BCUT2D eigenvalue weighted by Crippen LogP contribution is 2.09. The van der Waals surface area contributed by atoms with Crippen molar-refractivity contribution in [2.75, 3.05) is 0 Å². The maximum Gasteiger partial charge on any atom is 0.338 e. The summed E-state index contributed by atoms with van der Waals surface area (Å²) in [5, 5.41) is 29.8. The van der Waals surface area contributed by atoms with Crippen molar-refractivity contribution >= 4 is 17.9 Å². The molecule has 0 saturated heterocycles. The molecule has 9 heteroatoms. The highest BCUT2D eigenvalue weighted by Gasteiger charge is 2.09. The summed E-state index contributed by atoms with van der Waals surface area (Å²) in [5.74, 6) is -2.63. The Hall–Kier alpha value is -4.01. The Bertz CT molecular complexity index is 950. The number of carboxylic acids is 3. The summed E-state index contributed by atoms with van der Waals surface area (Å²) < 4.78 is 1.42. The first kappa shape index (κ1) is 19.3. The molecule has 0 aliphatic rings. The van der Waals surface area contributed by atoms with Gasteiger partial charge in [0.25, 0.3) is 0 Å². The number of hydrogen-bond donors (Lipinski definition) is 3. The Labute approximate surface area is 153 Å². The Morgan fingerprint density at radius 1 is 0.889 bits per heavy atom. The second kappa shape index (κ2) is 8.39. The van der Waals surface area contributed by atoms with Crippen LogP contribution in [0.1, 0.15) is 36.6 Å². The molecule has 3 rings (SSSR count). The standard InChI is InChI=1S/C9H7N3O2.C9H8O4/c13-9(14)7-5-11-12(6-7)8-3-1-2-4-10-8;1-5-2-6(8(10)11)4-7(3-5)9(12)13/h1-6H,(H,13,14);2-4H,1H3,(H,10,11)(H,12,13). The van der Waals surface area contributed by atoms with Gasteiger partial charge < -0.3 is 15.3 Å². The van der Waals surface area contributed by atoms with Crippen LogP contribution < -0.4 is 0 Å². The Morgan fingerprint density at radius 3 is 1.93 bits per heavy atom. The summed E-state index contributed by atoms with van der Waals surface area (Å²) in [5.41, 5.74) is 0.766. The van der Waals surface area contributed by atoms with E-state index in [1.54, 1.807) is 25.3 Å². The lowest BCUT2D eigenvalue weighted by Crippen LogP contribution is -2.02. The van der Waals surface area contributed by atoms with Gasteiger partial charge in [0.15, 0.2) is 5.82 Å². The Kier molecular flexibility index (Phi) is 6.00. The predicted octanol–water partition coefficient (Wildman–Crippen LogP) is 2.36. The lowest BCUT2D eigenvalue weighted by Gasteiger charge is -1.99. The Morgan fingerprint density at radius 2 is 1.48 bits per heavy atom. The van der Waals surface area contributed by atoms with E-state index in [9.17, 15) is 14.4 Å². The molecule has 0 fully saturated rings. The van der Waals surface area contributed by atoms with E-state index in [1.807, 2.05) is 6.07 Å². The van der Waals surface area contributed by atoms with Gasteiger partial charge in [-0.2, -0.15) is 5.10 Å². The zero-order valence-electron chi connectivity index (χ0n) is 14.1. The molecule has 0 spiro atoms. The van der Waals surface area contributed by atoms with Gasteiger partial charge >= 0.3 is 17.9 Å². The molecule has 9 nitrogen and oxygen atoms in total. The van der Waals surface area contributed by atoms with Crippen LogP contribution in [0.5, 0.6) is 0 Å². The maximum atomic E-state index is 10.6. The van der Waals surface area contributed by atoms with Crippen LogP contribution in [0.25, 0.3) is 5.82 Å². The summed E-state index contributed by atoms with van der Waals surface area (Å²) >= 11 is 0. The molecule has 0 aliphatic carbocycles. The third-order valence-electron chi connectivity index (χ3n) is 3.28. The van der Waals surface area contributed by atoms with E-state index in [0.29, 0.717) is 11.4 Å². The molecule has 138 valence electrons. The minimum atomic E-state index is -1.12. The summed E-state index contributed by atoms with van der Waals surface area (Å²) in [6, 6.07) is 9.33. The monoisotopic (exact) mass is 369 g/mol. The normalized spacial score (nSPS) is 9.81. The molecule has 2 aromatic heterocycles. The maximum absolute atomic E-state index is 10.6. The summed E-state index contributed by atoms with van der Waals surface area (Å²) in [4.78, 5) is 35.7. The number of aryl methyl sites for hydroxylation is 1. The number of hydrogen-bond acceptors (Lipinski definition) is 5. The molecule has 0 bridgehead atoms. The van der Waals surface area contributed by atoms with Crippen LogP contribution in [0, 0.1) is 6.92 Å². The average molecular weight is 369 g/mol. The number of carbonyl (C=O) groups is 3. The molecule has 0 atom stereocenters. The fraction of sp³-hybridized carbons (Fsp3) is 0.0556. The molecule has 0 amide bonds. The predicted molar refractivity (Wildman–Crippen MR) is 93.4 cm³/mol. The lowest BCUT2D eigenvalue weighted by atomic mass is 10.1. The number of carboxylic acid groups (broad SMARTS) is 3. The van der Waals surface area contributed by atoms with Gasteiger partial charge in [-0.05, 0) is 42.8 Å². The van der Waals surface area contributed by atoms with E-state index in [2.05, 4.69) is 10.1 Å². The first-order valence-electron chi connectivity index (χ1n) is 7.55. The number of pyridine rings is 1. The van der Waals surface area contributed by atoms with Crippen molar-refractivity contribution in [3.8, 4) is 5.82 Å². The van der Waals surface area contributed by atoms with Gasteiger partial charge in [0.2, 0.25) is 0 Å². The molecule has 27 heavy (non-hydrogen) atoms. The van der Waals surface area contributed by atoms with Gasteiger partial charge in [-0.15, -0.1) is 0 Å². The van der Waals surface area contributed by atoms with Crippen LogP contribution in [0.4, 0.5) is 0 Å². The highest BCUT2D eigenvalue weighted by molar-refractivity contribution is 5.94. The molecule has 0 aliphatic heterocycles. The summed E-state index contributed by atoms with van der Waals surface area (Å²) in [7, 11) is 0. The van der Waals surface area contributed by atoms with Gasteiger partial charge in [0.05, 0.1) is 22.9 Å². The first-order chi connectivity index (χ1) is 12.8. The van der Waals surface area contributed by atoms with Gasteiger partial charge in [0, 0.05) is 12.4 Å². The smallest absolute Gasteiger partial charge is 0.338 e. The van der Waals surface area contributed by atoms with Gasteiger partial charge in [-0.25, -0.2) is 24.0 Å². The SMILES string of the molecule is Cc1cc(C(=O)O)cc(C(=O)O)c1.O=C(O)c1cnn(-c2ccccn2)c1. The molecule has 2 heterocycles. The molecule has 1 aromatic carbocycles. The number of nitrogens with zero attached hydrogens (tertiary/aromatic N) is 3. The molecular weight excluding hydrogens is 354 g/mol. The topological polar surface area (TPSA) is 143 Å². The van der Waals surface area contributed by atoms with Crippen LogP contribution in [-0.4, -0.2) is 48.0 Å². The van der Waals surface area contributed by atoms with Crippen LogP contribution in [0.15, 0.2) is 55.0 Å². The fourth-order valence-electron chi connectivity index (χ4n) is 2.08. The number of rotatable bonds is 4. The van der Waals surface area contributed by atoms with Crippen molar-refractivity contribution < 1.29 is 29.7 Å². The van der Waals surface area contributed by atoms with Crippen molar-refractivity contribution in [2.24, 2.45) is 0 Å². The van der Waals surface area contributed by atoms with Crippen LogP contribution in [0.3, 0.4) is 0 Å². The average Bonchev–Trinajstić information content (AvgIpc) is 3.13. The fourth-order valence-corrected chi connectivity index (χ4v) is 2.08. The van der Waals surface area contributed by atoms with Crippen molar-refractivity contribution in [3.05, 3.63) is 77.2 Å². The summed E-state index contributed by atoms with van der Waals surface area (Å²) in [6.45, 7) is 1.65. The second-order valence-corrected chi connectivity index (χ2v) is 5.36. The first-order valence-corrected chi connectivity index (χ1v) is 7.55. The van der Waals surface area contributed by atoms with Gasteiger partial charge in [0.1, 0.15) is 0 Å². The second-order valence-electron chi connectivity index (χ2n) is 5.36. The molecule has 0 radical (unpaired) electrons. The minimum absolute atomic E-state index is 0.00241. The van der Waals surface area contributed by atoms with Crippen molar-refractivity contribution in [3.63, 3.8) is 0 Å². The van der Waals surface area contributed by atoms with Crippen molar-refractivity contribution in [1.29, 1.82) is 0 Å². The highest BCUT2D eigenvalue weighted by atomic mass is 16.4. The van der Waals surface area contributed by atoms with E-state index in [1.165, 1.54) is 29.2 Å². The van der Waals surface area contributed by atoms with E-state index in [0.717, 1.165) is 6.07 Å². The lowest BCUT2D eigenvalue weighted by molar-refractivity contribution is 0.0682. The number of aromatic carboxylic acids is 3. The third kappa shape index (κ3) is 5.23. The largest absolute Gasteiger partial charge is 0.478 e.